The van der Waals surface area contributed by atoms with Gasteiger partial charge in [0.15, 0.2) is 0 Å². The second-order valence-corrected chi connectivity index (χ2v) is 6.70. The molecule has 0 aliphatic heterocycles. The minimum Gasteiger partial charge on any atom is -0.457 e. The van der Waals surface area contributed by atoms with Gasteiger partial charge in [0.2, 0.25) is 0 Å². The maximum Gasteiger partial charge on any atom is 0.335 e. The summed E-state index contributed by atoms with van der Waals surface area (Å²) in [7, 11) is 0. The fourth-order valence-corrected chi connectivity index (χ4v) is 3.13. The van der Waals surface area contributed by atoms with Crippen LogP contribution in [0.3, 0.4) is 0 Å². The van der Waals surface area contributed by atoms with Crippen molar-refractivity contribution in [2.75, 3.05) is 4.90 Å². The Kier molecular flexibility index (Phi) is 6.10. The quantitative estimate of drug-likeness (QED) is 0.187. The van der Waals surface area contributed by atoms with Crippen LogP contribution in [0.5, 0.6) is 17.2 Å². The van der Waals surface area contributed by atoms with E-state index < -0.39 is 5.97 Å². The fraction of sp³-hybridized carbons (Fsp3) is 0. The van der Waals surface area contributed by atoms with Crippen LogP contribution < -0.4 is 14.4 Å². The molecular weight excluding hydrogens is 386 g/mol. The molecule has 0 fully saturated rings. The van der Waals surface area contributed by atoms with Gasteiger partial charge >= 0.3 is 5.97 Å². The third-order valence-corrected chi connectivity index (χ3v) is 4.57. The van der Waals surface area contributed by atoms with E-state index in [4.69, 9.17) is 9.47 Å². The summed E-state index contributed by atoms with van der Waals surface area (Å²) >= 11 is 0. The van der Waals surface area contributed by atoms with Gasteiger partial charge in [0.25, 0.3) is 0 Å². The van der Waals surface area contributed by atoms with Crippen molar-refractivity contribution in [3.8, 4) is 17.2 Å². The summed E-state index contributed by atoms with van der Waals surface area (Å²) in [5.41, 5.74) is 3.18. The smallest absolute Gasteiger partial charge is 0.335 e. The normalized spacial score (nSPS) is 10.2. The number of hydrogen-bond acceptors (Lipinski definition) is 4. The molecule has 4 aromatic rings. The van der Waals surface area contributed by atoms with Crippen LogP contribution >= 0.6 is 0 Å². The van der Waals surface area contributed by atoms with E-state index in [9.17, 15) is 4.79 Å². The van der Waals surface area contributed by atoms with Crippen molar-refractivity contribution in [1.29, 1.82) is 0 Å². The van der Waals surface area contributed by atoms with Crippen LogP contribution in [0, 0.1) is 0 Å². The fourth-order valence-electron chi connectivity index (χ4n) is 3.13. The van der Waals surface area contributed by atoms with Gasteiger partial charge in [-0.2, -0.15) is 0 Å². The highest BCUT2D eigenvalue weighted by Gasteiger charge is 2.12. The third kappa shape index (κ3) is 5.00. The molecule has 0 heterocycles. The lowest BCUT2D eigenvalue weighted by Gasteiger charge is -2.25. The van der Waals surface area contributed by atoms with Gasteiger partial charge in [-0.25, -0.2) is 4.79 Å². The van der Waals surface area contributed by atoms with E-state index in [0.29, 0.717) is 17.2 Å². The van der Waals surface area contributed by atoms with Gasteiger partial charge in [0, 0.05) is 23.1 Å². The first-order valence-corrected chi connectivity index (χ1v) is 9.85. The van der Waals surface area contributed by atoms with Crippen LogP contribution in [0.1, 0.15) is 0 Å². The summed E-state index contributed by atoms with van der Waals surface area (Å²) in [6.45, 7) is 3.39. The zero-order chi connectivity index (χ0) is 21.5. The summed E-state index contributed by atoms with van der Waals surface area (Å²) < 4.78 is 11.0. The van der Waals surface area contributed by atoms with Crippen LogP contribution in [0.4, 0.5) is 17.1 Å². The minimum atomic E-state index is -0.495. The molecule has 0 bridgehead atoms. The summed E-state index contributed by atoms with van der Waals surface area (Å²) in [6.07, 6.45) is 1.13. The molecule has 0 aromatic heterocycles. The zero-order valence-electron chi connectivity index (χ0n) is 16.8. The lowest BCUT2D eigenvalue weighted by atomic mass is 10.2. The molecule has 0 saturated carbocycles. The molecule has 4 heteroatoms. The topological polar surface area (TPSA) is 38.8 Å². The highest BCUT2D eigenvalue weighted by molar-refractivity contribution is 5.83. The van der Waals surface area contributed by atoms with Crippen LogP contribution in [-0.4, -0.2) is 5.97 Å². The summed E-state index contributed by atoms with van der Waals surface area (Å²) in [5.74, 6) is 1.30. The van der Waals surface area contributed by atoms with Gasteiger partial charge in [0.1, 0.15) is 17.2 Å². The van der Waals surface area contributed by atoms with E-state index >= 15 is 0 Å². The first kappa shape index (κ1) is 20.0. The molecule has 0 aliphatic carbocycles. The standard InChI is InChI=1S/C27H21NO3/c1-2-27(29)31-26-19-17-25(18-20-26)30-24-15-13-23(14-16-24)28(21-9-5-3-6-10-21)22-11-7-4-8-12-22/h2-20H,1H2. The number of anilines is 3. The van der Waals surface area contributed by atoms with Crippen LogP contribution in [0.2, 0.25) is 0 Å². The molecule has 4 nitrogen and oxygen atoms in total. The Labute approximate surface area is 181 Å². The van der Waals surface area contributed by atoms with Crippen LogP contribution in [-0.2, 0) is 4.79 Å². The number of carbonyl (C=O) groups is 1. The predicted octanol–water partition coefficient (Wildman–Crippen LogP) is 7.04. The van der Waals surface area contributed by atoms with E-state index in [1.165, 1.54) is 0 Å². The Balaban J connectivity index is 1.54. The van der Waals surface area contributed by atoms with Crippen LogP contribution in [0.15, 0.2) is 122 Å². The molecule has 0 amide bonds. The number of para-hydroxylation sites is 2. The maximum absolute atomic E-state index is 11.3. The first-order valence-electron chi connectivity index (χ1n) is 9.85. The molecule has 31 heavy (non-hydrogen) atoms. The van der Waals surface area contributed by atoms with Crippen molar-refractivity contribution >= 4 is 23.0 Å². The number of nitrogens with zero attached hydrogens (tertiary/aromatic N) is 1. The van der Waals surface area contributed by atoms with Crippen LogP contribution in [0.25, 0.3) is 0 Å². The third-order valence-electron chi connectivity index (χ3n) is 4.57. The van der Waals surface area contributed by atoms with E-state index in [0.717, 1.165) is 23.1 Å². The summed E-state index contributed by atoms with van der Waals surface area (Å²) in [4.78, 5) is 13.5. The maximum atomic E-state index is 11.3. The van der Waals surface area contributed by atoms with Gasteiger partial charge < -0.3 is 14.4 Å². The van der Waals surface area contributed by atoms with Gasteiger partial charge in [-0.3, -0.25) is 0 Å². The van der Waals surface area contributed by atoms with E-state index in [1.807, 2.05) is 60.7 Å². The highest BCUT2D eigenvalue weighted by Crippen LogP contribution is 2.35. The highest BCUT2D eigenvalue weighted by atomic mass is 16.5. The van der Waals surface area contributed by atoms with Crippen molar-refractivity contribution in [3.63, 3.8) is 0 Å². The second kappa shape index (κ2) is 9.46. The van der Waals surface area contributed by atoms with E-state index in [-0.39, 0.29) is 0 Å². The molecule has 4 rings (SSSR count). The summed E-state index contributed by atoms with van der Waals surface area (Å²) in [6, 6.07) is 35.2. The molecule has 0 atom stereocenters. The Hall–Kier alpha value is -4.31. The molecule has 0 unspecified atom stereocenters. The largest absolute Gasteiger partial charge is 0.457 e. The Morgan fingerprint density at radius 2 is 1.03 bits per heavy atom. The van der Waals surface area contributed by atoms with Crippen molar-refractivity contribution in [1.82, 2.24) is 0 Å². The number of hydrogen-bond donors (Lipinski definition) is 0. The number of esters is 1. The molecule has 0 radical (unpaired) electrons. The van der Waals surface area contributed by atoms with Crippen molar-refractivity contribution in [2.24, 2.45) is 0 Å². The van der Waals surface area contributed by atoms with Crippen molar-refractivity contribution in [3.05, 3.63) is 122 Å². The number of carbonyl (C=O) groups excluding carboxylic acids is 1. The van der Waals surface area contributed by atoms with Gasteiger partial charge in [-0.1, -0.05) is 43.0 Å². The monoisotopic (exact) mass is 407 g/mol. The zero-order valence-corrected chi connectivity index (χ0v) is 16.8. The van der Waals surface area contributed by atoms with Gasteiger partial charge in [-0.15, -0.1) is 0 Å². The molecule has 4 aromatic carbocycles. The number of benzene rings is 4. The Morgan fingerprint density at radius 3 is 1.52 bits per heavy atom. The Bertz CT molecular complexity index is 1100. The lowest BCUT2D eigenvalue weighted by Crippen LogP contribution is -2.09. The molecule has 0 N–H and O–H groups in total. The average molecular weight is 407 g/mol. The second-order valence-electron chi connectivity index (χ2n) is 6.70. The SMILES string of the molecule is C=CC(=O)Oc1ccc(Oc2ccc(N(c3ccccc3)c3ccccc3)cc2)cc1. The van der Waals surface area contributed by atoms with E-state index in [2.05, 4.69) is 35.7 Å². The minimum absolute atomic E-state index is 0.439. The number of rotatable bonds is 7. The van der Waals surface area contributed by atoms with Gasteiger partial charge in [-0.05, 0) is 72.8 Å². The molecule has 0 aliphatic rings. The van der Waals surface area contributed by atoms with E-state index in [1.54, 1.807) is 24.3 Å². The Morgan fingerprint density at radius 1 is 0.613 bits per heavy atom. The number of ether oxygens (including phenoxy) is 2. The van der Waals surface area contributed by atoms with Crippen molar-refractivity contribution < 1.29 is 14.3 Å². The molecule has 0 saturated heterocycles. The predicted molar refractivity (Wildman–Crippen MR) is 123 cm³/mol. The molecule has 0 spiro atoms. The van der Waals surface area contributed by atoms with Crippen molar-refractivity contribution in [2.45, 2.75) is 0 Å². The lowest BCUT2D eigenvalue weighted by molar-refractivity contribution is -0.128. The van der Waals surface area contributed by atoms with Gasteiger partial charge in [0.05, 0.1) is 0 Å². The average Bonchev–Trinajstić information content (AvgIpc) is 2.83. The first-order chi connectivity index (χ1) is 15.2. The molecule has 152 valence electrons. The molecular formula is C27H21NO3. The summed E-state index contributed by atoms with van der Waals surface area (Å²) in [5, 5.41) is 0.